The number of aromatic nitrogens is 4. The maximum Gasteiger partial charge on any atom is 0.277 e. The third kappa shape index (κ3) is 4.53. The Morgan fingerprint density at radius 1 is 1.10 bits per heavy atom. The number of anilines is 1. The smallest absolute Gasteiger partial charge is 0.277 e. The zero-order valence-corrected chi connectivity index (χ0v) is 17.4. The fourth-order valence-corrected chi connectivity index (χ4v) is 3.91. The number of carbonyl (C=O) groups excluding carboxylic acids is 1. The van der Waals surface area contributed by atoms with Gasteiger partial charge in [0.1, 0.15) is 0 Å². The second-order valence-electron chi connectivity index (χ2n) is 7.82. The molecule has 0 saturated carbocycles. The first-order valence-electron chi connectivity index (χ1n) is 10.7. The van der Waals surface area contributed by atoms with Crippen LogP contribution in [0.15, 0.2) is 35.1 Å². The van der Waals surface area contributed by atoms with Crippen molar-refractivity contribution in [3.8, 4) is 0 Å². The van der Waals surface area contributed by atoms with Crippen LogP contribution in [0.5, 0.6) is 0 Å². The predicted octanol–water partition coefficient (Wildman–Crippen LogP) is 2.67. The molecule has 0 radical (unpaired) electrons. The van der Waals surface area contributed by atoms with Gasteiger partial charge in [0.05, 0.1) is 5.69 Å². The molecule has 0 atom stereocenters. The molecule has 1 aliphatic heterocycles. The maximum atomic E-state index is 13.0. The van der Waals surface area contributed by atoms with Gasteiger partial charge >= 0.3 is 0 Å². The van der Waals surface area contributed by atoms with Crippen LogP contribution in [0.4, 0.5) is 5.95 Å². The summed E-state index contributed by atoms with van der Waals surface area (Å²) < 4.78 is 1.35. The van der Waals surface area contributed by atoms with E-state index in [0.29, 0.717) is 42.4 Å². The first-order valence-corrected chi connectivity index (χ1v) is 10.7. The van der Waals surface area contributed by atoms with Crippen molar-refractivity contribution in [3.63, 3.8) is 0 Å². The molecule has 30 heavy (non-hydrogen) atoms. The van der Waals surface area contributed by atoms with Crippen molar-refractivity contribution in [2.45, 2.75) is 52.0 Å². The average Bonchev–Trinajstić information content (AvgIpc) is 2.97. The number of nitrogens with zero attached hydrogens (tertiary/aromatic N) is 4. The van der Waals surface area contributed by atoms with E-state index in [9.17, 15) is 9.59 Å². The molecule has 158 valence electrons. The van der Waals surface area contributed by atoms with E-state index in [4.69, 9.17) is 0 Å². The highest BCUT2D eigenvalue weighted by atomic mass is 16.2. The summed E-state index contributed by atoms with van der Waals surface area (Å²) in [7, 11) is 0. The Morgan fingerprint density at radius 2 is 1.83 bits per heavy atom. The molecule has 3 aromatic rings. The van der Waals surface area contributed by atoms with E-state index in [1.807, 2.05) is 35.2 Å². The minimum Gasteiger partial charge on any atom is -0.351 e. The molecule has 3 heterocycles. The molecular weight excluding hydrogens is 380 g/mol. The molecule has 8 nitrogen and oxygen atoms in total. The number of likely N-dealkylation sites (tertiary alicyclic amines) is 1. The van der Waals surface area contributed by atoms with Crippen LogP contribution >= 0.6 is 0 Å². The number of fused-ring (bicyclic) bond motifs is 1. The van der Waals surface area contributed by atoms with Crippen molar-refractivity contribution >= 4 is 17.6 Å². The summed E-state index contributed by atoms with van der Waals surface area (Å²) in [6.45, 7) is 4.04. The number of amides is 1. The molecule has 1 aromatic carbocycles. The molecule has 0 bridgehead atoms. The van der Waals surface area contributed by atoms with E-state index >= 15 is 0 Å². The number of aromatic amines is 1. The van der Waals surface area contributed by atoms with Gasteiger partial charge in [0.25, 0.3) is 11.3 Å². The van der Waals surface area contributed by atoms with Crippen LogP contribution in [-0.4, -0.2) is 43.5 Å². The summed E-state index contributed by atoms with van der Waals surface area (Å²) in [6.07, 6.45) is 5.22. The van der Waals surface area contributed by atoms with Crippen LogP contribution in [0.25, 0.3) is 5.78 Å². The van der Waals surface area contributed by atoms with Gasteiger partial charge in [-0.15, -0.1) is 0 Å². The highest BCUT2D eigenvalue weighted by Gasteiger charge is 2.18. The van der Waals surface area contributed by atoms with Crippen LogP contribution in [0.2, 0.25) is 0 Å². The van der Waals surface area contributed by atoms with Crippen molar-refractivity contribution in [2.24, 2.45) is 0 Å². The van der Waals surface area contributed by atoms with Gasteiger partial charge in [-0.2, -0.15) is 9.50 Å². The van der Waals surface area contributed by atoms with Crippen LogP contribution < -0.4 is 10.9 Å². The summed E-state index contributed by atoms with van der Waals surface area (Å²) >= 11 is 0. The first-order chi connectivity index (χ1) is 14.6. The second-order valence-corrected chi connectivity index (χ2v) is 7.82. The van der Waals surface area contributed by atoms with Crippen molar-refractivity contribution in [3.05, 3.63) is 57.5 Å². The molecule has 2 N–H and O–H groups in total. The van der Waals surface area contributed by atoms with Gasteiger partial charge in [-0.05, 0) is 31.7 Å². The Bertz CT molecular complexity index is 1060. The van der Waals surface area contributed by atoms with Crippen molar-refractivity contribution < 1.29 is 4.79 Å². The number of rotatable bonds is 6. The maximum absolute atomic E-state index is 13.0. The zero-order chi connectivity index (χ0) is 20.9. The quantitative estimate of drug-likeness (QED) is 0.654. The lowest BCUT2D eigenvalue weighted by Crippen LogP contribution is -2.32. The number of carbonyl (C=O) groups is 1. The highest BCUT2D eigenvalue weighted by Crippen LogP contribution is 2.13. The molecule has 8 heteroatoms. The molecule has 0 unspecified atom stereocenters. The van der Waals surface area contributed by atoms with Gasteiger partial charge in [-0.3, -0.25) is 14.7 Å². The van der Waals surface area contributed by atoms with Gasteiger partial charge in [0.2, 0.25) is 11.9 Å². The number of hydrogen-bond donors (Lipinski definition) is 2. The Labute approximate surface area is 175 Å². The molecule has 0 aliphatic carbocycles. The van der Waals surface area contributed by atoms with Gasteiger partial charge in [-0.1, -0.05) is 43.2 Å². The molecule has 4 rings (SSSR count). The summed E-state index contributed by atoms with van der Waals surface area (Å²) in [6, 6.07) is 9.96. The lowest BCUT2D eigenvalue weighted by molar-refractivity contribution is -0.131. The Hall–Kier alpha value is -3.16. The molecule has 1 amide bonds. The largest absolute Gasteiger partial charge is 0.351 e. The fourth-order valence-electron chi connectivity index (χ4n) is 3.91. The fraction of sp³-hybridized carbons (Fsp3) is 0.455. The predicted molar refractivity (Wildman–Crippen MR) is 115 cm³/mol. The van der Waals surface area contributed by atoms with Crippen LogP contribution in [0.3, 0.4) is 0 Å². The Morgan fingerprint density at radius 3 is 2.57 bits per heavy atom. The summed E-state index contributed by atoms with van der Waals surface area (Å²) in [5, 5.41) is 6.17. The zero-order valence-electron chi connectivity index (χ0n) is 17.4. The highest BCUT2D eigenvalue weighted by molar-refractivity contribution is 5.76. The number of aryl methyl sites for hydroxylation is 1. The third-order valence-electron chi connectivity index (χ3n) is 5.65. The first kappa shape index (κ1) is 20.1. The van der Waals surface area contributed by atoms with Crippen LogP contribution in [0.1, 0.15) is 48.9 Å². The van der Waals surface area contributed by atoms with E-state index in [1.165, 1.54) is 17.4 Å². The molecular formula is C22H28N6O2. The van der Waals surface area contributed by atoms with E-state index in [2.05, 4.69) is 20.4 Å². The minimum absolute atomic E-state index is 0.121. The average molecular weight is 409 g/mol. The Kier molecular flexibility index (Phi) is 6.11. The Balaban J connectivity index is 1.47. The van der Waals surface area contributed by atoms with Gasteiger partial charge in [0, 0.05) is 31.6 Å². The number of H-pyrrole nitrogens is 1. The van der Waals surface area contributed by atoms with Crippen LogP contribution in [0, 0.1) is 6.92 Å². The SMILES string of the molecule is Cc1nc2nc(NCc3ccccc3)[nH]n2c(=O)c1CCC(=O)N1CCCCCC1. The number of nitrogens with one attached hydrogen (secondary N) is 2. The van der Waals surface area contributed by atoms with Crippen LogP contribution in [-0.2, 0) is 17.8 Å². The normalized spacial score (nSPS) is 14.6. The summed E-state index contributed by atoms with van der Waals surface area (Å²) in [5.74, 6) is 0.937. The van der Waals surface area contributed by atoms with Crippen molar-refractivity contribution in [1.82, 2.24) is 24.5 Å². The van der Waals surface area contributed by atoms with Gasteiger partial charge in [0.15, 0.2) is 0 Å². The minimum atomic E-state index is -0.193. The van der Waals surface area contributed by atoms with E-state index < -0.39 is 0 Å². The second kappa shape index (κ2) is 9.11. The van der Waals surface area contributed by atoms with Gasteiger partial charge < -0.3 is 10.2 Å². The molecule has 1 saturated heterocycles. The lowest BCUT2D eigenvalue weighted by Gasteiger charge is -2.20. The molecule has 1 aliphatic rings. The molecule has 0 spiro atoms. The summed E-state index contributed by atoms with van der Waals surface area (Å²) in [4.78, 5) is 36.4. The van der Waals surface area contributed by atoms with E-state index in [-0.39, 0.29) is 11.5 Å². The van der Waals surface area contributed by atoms with E-state index in [1.54, 1.807) is 6.92 Å². The molecule has 2 aromatic heterocycles. The third-order valence-corrected chi connectivity index (χ3v) is 5.65. The number of benzene rings is 1. The summed E-state index contributed by atoms with van der Waals surface area (Å²) in [5.41, 5.74) is 2.11. The number of hydrogen-bond acceptors (Lipinski definition) is 5. The van der Waals surface area contributed by atoms with E-state index in [0.717, 1.165) is 31.5 Å². The molecule has 1 fully saturated rings. The standard InChI is InChI=1S/C22H28N6O2/c1-16-18(11-12-19(29)27-13-7-2-3-8-14-27)20(30)28-22(24-16)25-21(26-28)23-15-17-9-5-4-6-10-17/h4-6,9-10H,2-3,7-8,11-15H2,1H3,(H2,23,24,25,26). The van der Waals surface area contributed by atoms with Crippen molar-refractivity contribution in [1.29, 1.82) is 0 Å². The van der Waals surface area contributed by atoms with Gasteiger partial charge in [-0.25, -0.2) is 4.98 Å². The van der Waals surface area contributed by atoms with Crippen molar-refractivity contribution in [2.75, 3.05) is 18.4 Å². The monoisotopic (exact) mass is 408 g/mol. The topological polar surface area (TPSA) is 95.4 Å². The lowest BCUT2D eigenvalue weighted by atomic mass is 10.1.